The first-order valence-corrected chi connectivity index (χ1v) is 8.12. The second kappa shape index (κ2) is 7.59. The molecule has 2 rings (SSSR count). The average Bonchev–Trinajstić information content (AvgIpc) is 2.45. The minimum absolute atomic E-state index is 0.0429. The van der Waals surface area contributed by atoms with Gasteiger partial charge in [0.2, 0.25) is 11.8 Å². The van der Waals surface area contributed by atoms with Crippen LogP contribution in [0.3, 0.4) is 0 Å². The number of amides is 2. The monoisotopic (exact) mass is 318 g/mol. The number of benzene rings is 1. The molecular weight excluding hydrogens is 292 g/mol. The molecule has 2 amide bonds. The molecule has 5 heteroatoms. The van der Waals surface area contributed by atoms with Crippen molar-refractivity contribution in [2.75, 3.05) is 13.1 Å². The molecule has 1 aliphatic rings. The van der Waals surface area contributed by atoms with E-state index in [0.29, 0.717) is 13.1 Å². The van der Waals surface area contributed by atoms with Crippen LogP contribution in [0.1, 0.15) is 44.4 Å². The van der Waals surface area contributed by atoms with Crippen LogP contribution < -0.4 is 5.32 Å². The van der Waals surface area contributed by atoms with Crippen LogP contribution in [0.25, 0.3) is 0 Å². The second-order valence-electron chi connectivity index (χ2n) is 6.42. The van der Waals surface area contributed by atoms with Crippen molar-refractivity contribution >= 4 is 11.8 Å². The lowest BCUT2D eigenvalue weighted by Crippen LogP contribution is -2.49. The molecule has 1 fully saturated rings. The van der Waals surface area contributed by atoms with Gasteiger partial charge < -0.3 is 15.0 Å². The zero-order valence-corrected chi connectivity index (χ0v) is 14.3. The molecule has 23 heavy (non-hydrogen) atoms. The standard InChI is InChI=1S/C18H26N2O3/c1-12-5-7-16(8-6-12)17(19-15(4)21)9-18(22)20-10-13(2)23-14(3)11-20/h5-8,13-14,17H,9-11H2,1-4H3,(H,19,21). The Morgan fingerprint density at radius 1 is 1.22 bits per heavy atom. The number of aryl methyl sites for hydroxylation is 1. The predicted octanol–water partition coefficient (Wildman–Crippen LogP) is 2.20. The summed E-state index contributed by atoms with van der Waals surface area (Å²) in [6.45, 7) is 8.64. The summed E-state index contributed by atoms with van der Waals surface area (Å²) in [6, 6.07) is 7.62. The van der Waals surface area contributed by atoms with Gasteiger partial charge in [0.1, 0.15) is 0 Å². The maximum Gasteiger partial charge on any atom is 0.225 e. The first kappa shape index (κ1) is 17.5. The van der Waals surface area contributed by atoms with E-state index in [0.717, 1.165) is 11.1 Å². The van der Waals surface area contributed by atoms with Crippen molar-refractivity contribution in [1.82, 2.24) is 10.2 Å². The van der Waals surface area contributed by atoms with Gasteiger partial charge in [-0.3, -0.25) is 9.59 Å². The third-order valence-electron chi connectivity index (χ3n) is 4.01. The number of morpholine rings is 1. The van der Waals surface area contributed by atoms with Crippen LogP contribution in [0.15, 0.2) is 24.3 Å². The molecule has 3 unspecified atom stereocenters. The number of hydrogen-bond acceptors (Lipinski definition) is 3. The molecule has 126 valence electrons. The van der Waals surface area contributed by atoms with Gasteiger partial charge in [-0.1, -0.05) is 29.8 Å². The van der Waals surface area contributed by atoms with E-state index >= 15 is 0 Å². The molecule has 3 atom stereocenters. The van der Waals surface area contributed by atoms with Crippen LogP contribution in [0, 0.1) is 6.92 Å². The molecule has 5 nitrogen and oxygen atoms in total. The van der Waals surface area contributed by atoms with Gasteiger partial charge in [-0.05, 0) is 26.3 Å². The fraction of sp³-hybridized carbons (Fsp3) is 0.556. The van der Waals surface area contributed by atoms with Crippen LogP contribution in [-0.2, 0) is 14.3 Å². The number of carbonyl (C=O) groups excluding carboxylic acids is 2. The molecule has 0 radical (unpaired) electrons. The number of nitrogens with one attached hydrogen (secondary N) is 1. The smallest absolute Gasteiger partial charge is 0.225 e. The second-order valence-corrected chi connectivity index (χ2v) is 6.42. The molecule has 0 aromatic heterocycles. The molecular formula is C18H26N2O3. The summed E-state index contributed by atoms with van der Waals surface area (Å²) in [7, 11) is 0. The SMILES string of the molecule is CC(=O)NC(CC(=O)N1CC(C)OC(C)C1)c1ccc(C)cc1. The van der Waals surface area contributed by atoms with E-state index < -0.39 is 0 Å². The first-order chi connectivity index (χ1) is 10.8. The predicted molar refractivity (Wildman–Crippen MR) is 88.9 cm³/mol. The summed E-state index contributed by atoms with van der Waals surface area (Å²) in [4.78, 5) is 26.0. The van der Waals surface area contributed by atoms with Gasteiger partial charge in [0.15, 0.2) is 0 Å². The Labute approximate surface area is 138 Å². The lowest BCUT2D eigenvalue weighted by atomic mass is 10.0. The Balaban J connectivity index is 2.09. The summed E-state index contributed by atoms with van der Waals surface area (Å²) in [5.74, 6) is -0.0848. The van der Waals surface area contributed by atoms with E-state index in [2.05, 4.69) is 5.32 Å². The molecule has 0 bridgehead atoms. The highest BCUT2D eigenvalue weighted by atomic mass is 16.5. The summed E-state index contributed by atoms with van der Waals surface area (Å²) in [6.07, 6.45) is 0.352. The van der Waals surface area contributed by atoms with Crippen molar-refractivity contribution in [1.29, 1.82) is 0 Å². The van der Waals surface area contributed by atoms with E-state index in [9.17, 15) is 9.59 Å². The molecule has 1 aromatic carbocycles. The molecule has 1 heterocycles. The van der Waals surface area contributed by atoms with Gasteiger partial charge in [0.05, 0.1) is 24.7 Å². The lowest BCUT2D eigenvalue weighted by molar-refractivity contribution is -0.143. The Bertz CT molecular complexity index is 546. The molecule has 0 spiro atoms. The Hall–Kier alpha value is -1.88. The van der Waals surface area contributed by atoms with Gasteiger partial charge in [-0.25, -0.2) is 0 Å². The van der Waals surface area contributed by atoms with E-state index in [-0.39, 0.29) is 36.5 Å². The van der Waals surface area contributed by atoms with Crippen molar-refractivity contribution in [2.45, 2.75) is 52.4 Å². The zero-order valence-electron chi connectivity index (χ0n) is 14.3. The fourth-order valence-corrected chi connectivity index (χ4v) is 2.98. The molecule has 1 N–H and O–H groups in total. The van der Waals surface area contributed by atoms with Crippen molar-refractivity contribution in [3.05, 3.63) is 35.4 Å². The van der Waals surface area contributed by atoms with E-state index in [1.54, 1.807) is 0 Å². The van der Waals surface area contributed by atoms with Crippen LogP contribution in [0.5, 0.6) is 0 Å². The van der Waals surface area contributed by atoms with Gasteiger partial charge in [0, 0.05) is 20.0 Å². The largest absolute Gasteiger partial charge is 0.372 e. The maximum atomic E-state index is 12.6. The quantitative estimate of drug-likeness (QED) is 0.926. The Morgan fingerprint density at radius 2 is 1.78 bits per heavy atom. The van der Waals surface area contributed by atoms with E-state index in [1.807, 2.05) is 49.9 Å². The van der Waals surface area contributed by atoms with E-state index in [4.69, 9.17) is 4.74 Å². The van der Waals surface area contributed by atoms with Crippen LogP contribution in [0.4, 0.5) is 0 Å². The highest BCUT2D eigenvalue weighted by molar-refractivity contribution is 5.79. The van der Waals surface area contributed by atoms with Crippen LogP contribution in [-0.4, -0.2) is 42.0 Å². The third kappa shape index (κ3) is 5.06. The van der Waals surface area contributed by atoms with E-state index in [1.165, 1.54) is 6.92 Å². The average molecular weight is 318 g/mol. The van der Waals surface area contributed by atoms with Gasteiger partial charge in [-0.15, -0.1) is 0 Å². The summed E-state index contributed by atoms with van der Waals surface area (Å²) in [5, 5.41) is 2.89. The highest BCUT2D eigenvalue weighted by Gasteiger charge is 2.28. The molecule has 1 saturated heterocycles. The fourth-order valence-electron chi connectivity index (χ4n) is 2.98. The highest BCUT2D eigenvalue weighted by Crippen LogP contribution is 2.20. The first-order valence-electron chi connectivity index (χ1n) is 8.12. The van der Waals surface area contributed by atoms with Crippen molar-refractivity contribution in [3.8, 4) is 0 Å². The molecule has 1 aromatic rings. The van der Waals surface area contributed by atoms with Crippen molar-refractivity contribution in [2.24, 2.45) is 0 Å². The molecule has 1 aliphatic heterocycles. The summed E-state index contributed by atoms with van der Waals surface area (Å²) in [5.41, 5.74) is 2.10. The van der Waals surface area contributed by atoms with Crippen molar-refractivity contribution in [3.63, 3.8) is 0 Å². The molecule has 0 saturated carbocycles. The Kier molecular flexibility index (Phi) is 5.77. The lowest BCUT2D eigenvalue weighted by Gasteiger charge is -2.36. The van der Waals surface area contributed by atoms with Crippen LogP contribution >= 0.6 is 0 Å². The van der Waals surface area contributed by atoms with Gasteiger partial charge in [0.25, 0.3) is 0 Å². The zero-order chi connectivity index (χ0) is 17.0. The topological polar surface area (TPSA) is 58.6 Å². The summed E-state index contributed by atoms with van der Waals surface area (Å²) >= 11 is 0. The number of hydrogen-bond donors (Lipinski definition) is 1. The normalized spacial score (nSPS) is 22.5. The number of carbonyl (C=O) groups is 2. The minimum Gasteiger partial charge on any atom is -0.372 e. The van der Waals surface area contributed by atoms with Gasteiger partial charge >= 0.3 is 0 Å². The minimum atomic E-state index is -0.297. The number of rotatable bonds is 4. The molecule has 0 aliphatic carbocycles. The number of ether oxygens (including phenoxy) is 1. The third-order valence-corrected chi connectivity index (χ3v) is 4.01. The summed E-state index contributed by atoms with van der Waals surface area (Å²) < 4.78 is 5.67. The van der Waals surface area contributed by atoms with Crippen molar-refractivity contribution < 1.29 is 14.3 Å². The maximum absolute atomic E-state index is 12.6. The Morgan fingerprint density at radius 3 is 2.30 bits per heavy atom. The van der Waals surface area contributed by atoms with Crippen LogP contribution in [0.2, 0.25) is 0 Å². The van der Waals surface area contributed by atoms with Gasteiger partial charge in [-0.2, -0.15) is 0 Å². The number of nitrogens with zero attached hydrogens (tertiary/aromatic N) is 1.